The second kappa shape index (κ2) is 7.28. The molecule has 1 aliphatic heterocycles. The van der Waals surface area contributed by atoms with Crippen molar-refractivity contribution < 1.29 is 4.79 Å². The average molecular weight is 338 g/mol. The number of amides is 1. The summed E-state index contributed by atoms with van der Waals surface area (Å²) in [7, 11) is 0. The summed E-state index contributed by atoms with van der Waals surface area (Å²) in [6, 6.07) is 9.69. The molecule has 0 aliphatic carbocycles. The Morgan fingerprint density at radius 2 is 2.08 bits per heavy atom. The number of carbonyl (C=O) groups is 1. The number of hydrogen-bond donors (Lipinski definition) is 0. The first kappa shape index (κ1) is 16.2. The Labute approximate surface area is 145 Å². The number of rotatable bonds is 3. The number of pyridine rings is 1. The van der Waals surface area contributed by atoms with Crippen molar-refractivity contribution >= 4 is 29.1 Å². The molecule has 0 aromatic carbocycles. The van der Waals surface area contributed by atoms with Crippen LogP contribution in [0.1, 0.15) is 15.3 Å². The molecule has 24 heavy (non-hydrogen) atoms. The fourth-order valence-corrected chi connectivity index (χ4v) is 3.40. The number of aryl methyl sites for hydroxylation is 1. The highest BCUT2D eigenvalue weighted by molar-refractivity contribution is 7.12. The van der Waals surface area contributed by atoms with Gasteiger partial charge in [-0.1, -0.05) is 0 Å². The summed E-state index contributed by atoms with van der Waals surface area (Å²) in [4.78, 5) is 22.9. The van der Waals surface area contributed by atoms with Crippen LogP contribution in [-0.4, -0.2) is 42.0 Å². The van der Waals surface area contributed by atoms with E-state index in [1.54, 1.807) is 35.7 Å². The van der Waals surface area contributed by atoms with Gasteiger partial charge in [-0.3, -0.25) is 4.79 Å². The van der Waals surface area contributed by atoms with Crippen molar-refractivity contribution in [3.8, 4) is 6.07 Å². The first-order valence-corrected chi connectivity index (χ1v) is 8.62. The smallest absolute Gasteiger partial charge is 0.246 e. The summed E-state index contributed by atoms with van der Waals surface area (Å²) in [5, 5.41) is 8.97. The predicted octanol–water partition coefficient (Wildman–Crippen LogP) is 2.69. The van der Waals surface area contributed by atoms with Gasteiger partial charge in [-0.15, -0.1) is 11.3 Å². The normalized spacial score (nSPS) is 14.8. The maximum absolute atomic E-state index is 12.3. The minimum absolute atomic E-state index is 0.0411. The number of aromatic nitrogens is 1. The Bertz CT molecular complexity index is 797. The highest BCUT2D eigenvalue weighted by atomic mass is 32.1. The van der Waals surface area contributed by atoms with Gasteiger partial charge in [0, 0.05) is 48.2 Å². The monoisotopic (exact) mass is 338 g/mol. The summed E-state index contributed by atoms with van der Waals surface area (Å²) in [6.45, 7) is 4.81. The van der Waals surface area contributed by atoms with E-state index in [4.69, 9.17) is 5.26 Å². The van der Waals surface area contributed by atoms with E-state index in [-0.39, 0.29) is 5.91 Å². The molecule has 2 aromatic heterocycles. The molecule has 0 atom stereocenters. The molecule has 3 heterocycles. The maximum atomic E-state index is 12.3. The minimum atomic E-state index is 0.0411. The lowest BCUT2D eigenvalue weighted by Crippen LogP contribution is -2.48. The van der Waals surface area contributed by atoms with Crippen molar-refractivity contribution in [2.75, 3.05) is 31.1 Å². The molecule has 0 N–H and O–H groups in total. The van der Waals surface area contributed by atoms with Gasteiger partial charge in [0.15, 0.2) is 0 Å². The summed E-state index contributed by atoms with van der Waals surface area (Å²) in [6.07, 6.45) is 5.18. The number of nitriles is 1. The zero-order valence-electron chi connectivity index (χ0n) is 13.5. The number of piperazine rings is 1. The predicted molar refractivity (Wildman–Crippen MR) is 95.8 cm³/mol. The van der Waals surface area contributed by atoms with Gasteiger partial charge in [-0.05, 0) is 37.3 Å². The number of anilines is 1. The zero-order valence-corrected chi connectivity index (χ0v) is 14.3. The van der Waals surface area contributed by atoms with Crippen molar-refractivity contribution in [2.45, 2.75) is 6.92 Å². The molecule has 1 saturated heterocycles. The van der Waals surface area contributed by atoms with E-state index in [0.717, 1.165) is 23.8 Å². The molecule has 0 unspecified atom stereocenters. The van der Waals surface area contributed by atoms with Gasteiger partial charge in [0.1, 0.15) is 5.82 Å². The summed E-state index contributed by atoms with van der Waals surface area (Å²) < 4.78 is 0. The van der Waals surface area contributed by atoms with Crippen LogP contribution in [0.3, 0.4) is 0 Å². The highest BCUT2D eigenvalue weighted by Gasteiger charge is 2.20. The lowest BCUT2D eigenvalue weighted by molar-refractivity contribution is -0.126. The number of nitrogens with zero attached hydrogens (tertiary/aromatic N) is 4. The maximum Gasteiger partial charge on any atom is 0.246 e. The standard InChI is InChI=1S/C18H18N4OS/c1-14-2-3-16(24-14)4-5-18(23)22-10-8-21(9-11-22)17-12-15(13-19)6-7-20-17/h2-7,12H,8-11H2,1H3/b5-4+. The van der Waals surface area contributed by atoms with E-state index in [2.05, 4.69) is 28.9 Å². The fourth-order valence-electron chi connectivity index (χ4n) is 2.62. The lowest BCUT2D eigenvalue weighted by Gasteiger charge is -2.35. The molecule has 2 aromatic rings. The van der Waals surface area contributed by atoms with Crippen LogP contribution in [-0.2, 0) is 4.79 Å². The van der Waals surface area contributed by atoms with Crippen LogP contribution in [0.4, 0.5) is 5.82 Å². The van der Waals surface area contributed by atoms with Gasteiger partial charge in [-0.2, -0.15) is 5.26 Å². The number of thiophene rings is 1. The minimum Gasteiger partial charge on any atom is -0.353 e. The molecule has 1 aliphatic rings. The van der Waals surface area contributed by atoms with Crippen molar-refractivity contribution in [1.82, 2.24) is 9.88 Å². The van der Waals surface area contributed by atoms with Crippen LogP contribution in [0.25, 0.3) is 6.08 Å². The third-order valence-electron chi connectivity index (χ3n) is 3.94. The van der Waals surface area contributed by atoms with Gasteiger partial charge < -0.3 is 9.80 Å². The van der Waals surface area contributed by atoms with Crippen LogP contribution in [0, 0.1) is 18.3 Å². The second-order valence-electron chi connectivity index (χ2n) is 5.61. The van der Waals surface area contributed by atoms with Crippen molar-refractivity contribution in [1.29, 1.82) is 5.26 Å². The summed E-state index contributed by atoms with van der Waals surface area (Å²) >= 11 is 1.68. The van der Waals surface area contributed by atoms with Gasteiger partial charge in [0.05, 0.1) is 11.6 Å². The third-order valence-corrected chi connectivity index (χ3v) is 4.91. The SMILES string of the molecule is Cc1ccc(/C=C/C(=O)N2CCN(c3cc(C#N)ccn3)CC2)s1. The molecule has 1 fully saturated rings. The van der Waals surface area contributed by atoms with Crippen LogP contribution < -0.4 is 4.90 Å². The Kier molecular flexibility index (Phi) is 4.92. The van der Waals surface area contributed by atoms with E-state index >= 15 is 0 Å². The van der Waals surface area contributed by atoms with E-state index < -0.39 is 0 Å². The first-order chi connectivity index (χ1) is 11.7. The van der Waals surface area contributed by atoms with Gasteiger partial charge >= 0.3 is 0 Å². The molecule has 1 amide bonds. The highest BCUT2D eigenvalue weighted by Crippen LogP contribution is 2.17. The van der Waals surface area contributed by atoms with Crippen LogP contribution in [0.2, 0.25) is 0 Å². The molecule has 0 saturated carbocycles. The second-order valence-corrected chi connectivity index (χ2v) is 6.93. The topological polar surface area (TPSA) is 60.2 Å². The third kappa shape index (κ3) is 3.81. The molecule has 3 rings (SSSR count). The van der Waals surface area contributed by atoms with E-state index in [1.807, 2.05) is 17.0 Å². The average Bonchev–Trinajstić information content (AvgIpc) is 3.05. The molecule has 6 heteroatoms. The summed E-state index contributed by atoms with van der Waals surface area (Å²) in [5.74, 6) is 0.838. The van der Waals surface area contributed by atoms with Gasteiger partial charge in [0.2, 0.25) is 5.91 Å². The molecule has 0 radical (unpaired) electrons. The number of hydrogen-bond acceptors (Lipinski definition) is 5. The molecule has 122 valence electrons. The lowest BCUT2D eigenvalue weighted by atomic mass is 10.2. The summed E-state index contributed by atoms with van der Waals surface area (Å²) in [5.41, 5.74) is 0.604. The van der Waals surface area contributed by atoms with Gasteiger partial charge in [0.25, 0.3) is 0 Å². The molecule has 0 bridgehead atoms. The Hall–Kier alpha value is -2.65. The van der Waals surface area contributed by atoms with Crippen LogP contribution >= 0.6 is 11.3 Å². The molecular formula is C18H18N4OS. The largest absolute Gasteiger partial charge is 0.353 e. The van der Waals surface area contributed by atoms with E-state index in [9.17, 15) is 4.79 Å². The molecular weight excluding hydrogens is 320 g/mol. The van der Waals surface area contributed by atoms with Crippen LogP contribution in [0.5, 0.6) is 0 Å². The van der Waals surface area contributed by atoms with E-state index in [0.29, 0.717) is 18.7 Å². The Balaban J connectivity index is 1.57. The zero-order chi connectivity index (χ0) is 16.9. The van der Waals surface area contributed by atoms with Crippen molar-refractivity contribution in [3.63, 3.8) is 0 Å². The fraction of sp³-hybridized carbons (Fsp3) is 0.278. The quantitative estimate of drug-likeness (QED) is 0.807. The Morgan fingerprint density at radius 3 is 2.75 bits per heavy atom. The molecule has 0 spiro atoms. The van der Waals surface area contributed by atoms with Gasteiger partial charge in [-0.25, -0.2) is 4.98 Å². The van der Waals surface area contributed by atoms with Crippen molar-refractivity contribution in [3.05, 3.63) is 51.9 Å². The van der Waals surface area contributed by atoms with Crippen molar-refractivity contribution in [2.24, 2.45) is 0 Å². The first-order valence-electron chi connectivity index (χ1n) is 7.80. The molecule has 5 nitrogen and oxygen atoms in total. The van der Waals surface area contributed by atoms with E-state index in [1.165, 1.54) is 4.88 Å². The number of carbonyl (C=O) groups excluding carboxylic acids is 1. The Morgan fingerprint density at radius 1 is 1.29 bits per heavy atom. The van der Waals surface area contributed by atoms with Crippen LogP contribution in [0.15, 0.2) is 36.5 Å².